The van der Waals surface area contributed by atoms with E-state index in [1.54, 1.807) is 0 Å². The Hall–Kier alpha value is -0.990. The van der Waals surface area contributed by atoms with Crippen LogP contribution in [0, 0.1) is 5.92 Å². The van der Waals surface area contributed by atoms with Gasteiger partial charge in [0.05, 0.1) is 12.6 Å². The summed E-state index contributed by atoms with van der Waals surface area (Å²) in [5, 5.41) is 0. The standard InChI is InChI=1S/C11H21N3/c1-4-6-9(3)10-8-13-11(12)14(10)7-5-2/h5,9-10H,2,4,6-8H2,1,3H3,(H2,12,13). The van der Waals surface area contributed by atoms with Crippen LogP contribution in [0.15, 0.2) is 17.6 Å². The highest BCUT2D eigenvalue weighted by atomic mass is 15.3. The van der Waals surface area contributed by atoms with Gasteiger partial charge in [-0.25, -0.2) is 0 Å². The summed E-state index contributed by atoms with van der Waals surface area (Å²) in [5.74, 6) is 1.34. The molecule has 0 saturated heterocycles. The molecule has 0 amide bonds. The molecule has 3 nitrogen and oxygen atoms in total. The zero-order valence-corrected chi connectivity index (χ0v) is 9.24. The fourth-order valence-corrected chi connectivity index (χ4v) is 2.05. The molecule has 1 aliphatic heterocycles. The van der Waals surface area contributed by atoms with Crippen LogP contribution in [0.25, 0.3) is 0 Å². The fourth-order valence-electron chi connectivity index (χ4n) is 2.05. The predicted octanol–water partition coefficient (Wildman–Crippen LogP) is 1.61. The number of guanidine groups is 1. The summed E-state index contributed by atoms with van der Waals surface area (Å²) in [6.45, 7) is 9.90. The van der Waals surface area contributed by atoms with Crippen molar-refractivity contribution in [3.05, 3.63) is 12.7 Å². The van der Waals surface area contributed by atoms with Crippen molar-refractivity contribution in [3.8, 4) is 0 Å². The van der Waals surface area contributed by atoms with Crippen molar-refractivity contribution < 1.29 is 0 Å². The maximum Gasteiger partial charge on any atom is 0.191 e. The molecule has 0 aliphatic carbocycles. The molecule has 0 radical (unpaired) electrons. The van der Waals surface area contributed by atoms with Gasteiger partial charge in [-0.15, -0.1) is 6.58 Å². The molecular weight excluding hydrogens is 174 g/mol. The van der Waals surface area contributed by atoms with Gasteiger partial charge in [-0.05, 0) is 12.3 Å². The van der Waals surface area contributed by atoms with E-state index in [0.29, 0.717) is 17.9 Å². The molecular formula is C11H21N3. The van der Waals surface area contributed by atoms with Gasteiger partial charge in [0, 0.05) is 6.54 Å². The third-order valence-corrected chi connectivity index (χ3v) is 2.86. The van der Waals surface area contributed by atoms with Crippen molar-refractivity contribution in [2.75, 3.05) is 13.1 Å². The summed E-state index contributed by atoms with van der Waals surface area (Å²) in [6.07, 6.45) is 4.35. The van der Waals surface area contributed by atoms with Gasteiger partial charge in [-0.3, -0.25) is 4.99 Å². The Morgan fingerprint density at radius 2 is 2.50 bits per heavy atom. The molecule has 1 aliphatic rings. The van der Waals surface area contributed by atoms with Crippen LogP contribution in [-0.4, -0.2) is 30.0 Å². The van der Waals surface area contributed by atoms with Crippen LogP contribution in [0.1, 0.15) is 26.7 Å². The molecule has 2 N–H and O–H groups in total. The van der Waals surface area contributed by atoms with E-state index in [2.05, 4.69) is 30.3 Å². The van der Waals surface area contributed by atoms with E-state index in [4.69, 9.17) is 5.73 Å². The fraction of sp³-hybridized carbons (Fsp3) is 0.727. The van der Waals surface area contributed by atoms with E-state index in [-0.39, 0.29) is 0 Å². The molecule has 0 aromatic heterocycles. The minimum absolute atomic E-state index is 0.480. The lowest BCUT2D eigenvalue weighted by Crippen LogP contribution is -2.43. The first-order valence-electron chi connectivity index (χ1n) is 5.38. The summed E-state index contributed by atoms with van der Waals surface area (Å²) in [6, 6.07) is 0.480. The van der Waals surface area contributed by atoms with E-state index >= 15 is 0 Å². The first kappa shape index (κ1) is 11.1. The van der Waals surface area contributed by atoms with E-state index in [0.717, 1.165) is 13.1 Å². The molecule has 0 saturated carbocycles. The minimum atomic E-state index is 0.480. The Morgan fingerprint density at radius 1 is 1.79 bits per heavy atom. The highest BCUT2D eigenvalue weighted by Gasteiger charge is 2.28. The van der Waals surface area contributed by atoms with Crippen LogP contribution < -0.4 is 5.73 Å². The molecule has 14 heavy (non-hydrogen) atoms. The number of nitrogens with zero attached hydrogens (tertiary/aromatic N) is 2. The van der Waals surface area contributed by atoms with Crippen molar-refractivity contribution in [3.63, 3.8) is 0 Å². The smallest absolute Gasteiger partial charge is 0.191 e. The van der Waals surface area contributed by atoms with Crippen molar-refractivity contribution in [2.24, 2.45) is 16.6 Å². The van der Waals surface area contributed by atoms with Gasteiger partial charge in [0.25, 0.3) is 0 Å². The topological polar surface area (TPSA) is 41.6 Å². The number of hydrogen-bond acceptors (Lipinski definition) is 3. The first-order valence-corrected chi connectivity index (χ1v) is 5.38. The maximum absolute atomic E-state index is 5.82. The van der Waals surface area contributed by atoms with Gasteiger partial charge in [-0.2, -0.15) is 0 Å². The van der Waals surface area contributed by atoms with Gasteiger partial charge in [0.1, 0.15) is 0 Å². The zero-order chi connectivity index (χ0) is 10.6. The lowest BCUT2D eigenvalue weighted by Gasteiger charge is -2.29. The van der Waals surface area contributed by atoms with Crippen molar-refractivity contribution in [1.29, 1.82) is 0 Å². The Bertz CT molecular complexity index is 223. The normalized spacial score (nSPS) is 23.4. The summed E-state index contributed by atoms with van der Waals surface area (Å²) in [7, 11) is 0. The summed E-state index contributed by atoms with van der Waals surface area (Å²) in [4.78, 5) is 6.45. The van der Waals surface area contributed by atoms with Crippen LogP contribution in [0.2, 0.25) is 0 Å². The quantitative estimate of drug-likeness (QED) is 0.677. The van der Waals surface area contributed by atoms with E-state index < -0.39 is 0 Å². The van der Waals surface area contributed by atoms with Crippen LogP contribution in [0.4, 0.5) is 0 Å². The number of rotatable bonds is 5. The molecule has 80 valence electrons. The van der Waals surface area contributed by atoms with Gasteiger partial charge in [0.15, 0.2) is 5.96 Å². The largest absolute Gasteiger partial charge is 0.370 e. The van der Waals surface area contributed by atoms with Crippen molar-refractivity contribution in [2.45, 2.75) is 32.7 Å². The lowest BCUT2D eigenvalue weighted by atomic mass is 9.96. The van der Waals surface area contributed by atoms with Gasteiger partial charge in [0.2, 0.25) is 0 Å². The van der Waals surface area contributed by atoms with Gasteiger partial charge in [-0.1, -0.05) is 26.3 Å². The summed E-state index contributed by atoms with van der Waals surface area (Å²) in [5.41, 5.74) is 5.82. The molecule has 1 rings (SSSR count). The molecule has 0 aromatic rings. The average Bonchev–Trinajstić information content (AvgIpc) is 2.50. The Balaban J connectivity index is 2.57. The van der Waals surface area contributed by atoms with Gasteiger partial charge >= 0.3 is 0 Å². The van der Waals surface area contributed by atoms with Gasteiger partial charge < -0.3 is 10.6 Å². The number of hydrogen-bond donors (Lipinski definition) is 1. The summed E-state index contributed by atoms with van der Waals surface area (Å²) >= 11 is 0. The van der Waals surface area contributed by atoms with E-state index in [1.165, 1.54) is 12.8 Å². The average molecular weight is 195 g/mol. The molecule has 1 heterocycles. The van der Waals surface area contributed by atoms with Crippen LogP contribution in [0.5, 0.6) is 0 Å². The monoisotopic (exact) mass is 195 g/mol. The van der Waals surface area contributed by atoms with E-state index in [1.807, 2.05) is 6.08 Å². The molecule has 0 aromatic carbocycles. The number of aliphatic imine (C=N–C) groups is 1. The molecule has 2 atom stereocenters. The van der Waals surface area contributed by atoms with Crippen molar-refractivity contribution >= 4 is 5.96 Å². The van der Waals surface area contributed by atoms with Crippen LogP contribution in [0.3, 0.4) is 0 Å². The molecule has 0 spiro atoms. The Labute approximate surface area is 86.7 Å². The number of nitrogens with two attached hydrogens (primary N) is 1. The second-order valence-corrected chi connectivity index (χ2v) is 3.97. The van der Waals surface area contributed by atoms with Crippen LogP contribution in [-0.2, 0) is 0 Å². The predicted molar refractivity (Wildman–Crippen MR) is 61.3 cm³/mol. The second kappa shape index (κ2) is 5.03. The molecule has 0 bridgehead atoms. The third kappa shape index (κ3) is 2.28. The minimum Gasteiger partial charge on any atom is -0.370 e. The van der Waals surface area contributed by atoms with Crippen molar-refractivity contribution in [1.82, 2.24) is 4.90 Å². The van der Waals surface area contributed by atoms with Crippen LogP contribution >= 0.6 is 0 Å². The third-order valence-electron chi connectivity index (χ3n) is 2.86. The Kier molecular flexibility index (Phi) is 3.98. The van der Waals surface area contributed by atoms with E-state index in [9.17, 15) is 0 Å². The molecule has 0 fully saturated rings. The summed E-state index contributed by atoms with van der Waals surface area (Å²) < 4.78 is 0. The zero-order valence-electron chi connectivity index (χ0n) is 9.24. The first-order chi connectivity index (χ1) is 6.70. The Morgan fingerprint density at radius 3 is 3.07 bits per heavy atom. The highest BCUT2D eigenvalue weighted by Crippen LogP contribution is 2.20. The lowest BCUT2D eigenvalue weighted by molar-refractivity contribution is 0.268. The molecule has 3 heteroatoms. The second-order valence-electron chi connectivity index (χ2n) is 3.97. The maximum atomic E-state index is 5.82. The SMILES string of the molecule is C=CCN1C(N)=NCC1C(C)CCC. The highest BCUT2D eigenvalue weighted by molar-refractivity contribution is 5.80. The molecule has 2 unspecified atom stereocenters.